The molecule has 0 saturated carbocycles. The summed E-state index contributed by atoms with van der Waals surface area (Å²) in [5, 5.41) is 11.0. The number of methoxy groups -OCH3 is 1. The zero-order valence-corrected chi connectivity index (χ0v) is 21.1. The first-order chi connectivity index (χ1) is 18.3. The van der Waals surface area contributed by atoms with Crippen LogP contribution in [0.3, 0.4) is 0 Å². The topological polar surface area (TPSA) is 101 Å². The Morgan fingerprint density at radius 3 is 2.47 bits per heavy atom. The molecule has 2 aromatic carbocycles. The maximum absolute atomic E-state index is 13.8. The Balaban J connectivity index is 1.45. The second-order valence-electron chi connectivity index (χ2n) is 10.4. The first-order valence-electron chi connectivity index (χ1n) is 12.8. The van der Waals surface area contributed by atoms with Crippen molar-refractivity contribution in [2.75, 3.05) is 7.11 Å². The van der Waals surface area contributed by atoms with Crippen molar-refractivity contribution < 1.29 is 29.0 Å². The maximum Gasteiger partial charge on any atom is 0.234 e. The molecule has 0 radical (unpaired) electrons. The van der Waals surface area contributed by atoms with Gasteiger partial charge >= 0.3 is 0 Å². The largest absolute Gasteiger partial charge is 0.507 e. The first-order valence-corrected chi connectivity index (χ1v) is 12.8. The average molecular weight is 510 g/mol. The van der Waals surface area contributed by atoms with Crippen molar-refractivity contribution in [3.8, 4) is 11.5 Å². The molecule has 0 aromatic heterocycles. The molecule has 0 spiro atoms. The van der Waals surface area contributed by atoms with E-state index in [-0.39, 0.29) is 42.1 Å². The lowest BCUT2D eigenvalue weighted by Crippen LogP contribution is -2.39. The van der Waals surface area contributed by atoms with E-state index in [2.05, 4.69) is 0 Å². The van der Waals surface area contributed by atoms with Crippen LogP contribution in [0.25, 0.3) is 0 Å². The molecule has 1 saturated heterocycles. The third-order valence-corrected chi connectivity index (χ3v) is 8.39. The van der Waals surface area contributed by atoms with Gasteiger partial charge in [-0.05, 0) is 43.4 Å². The van der Waals surface area contributed by atoms with Gasteiger partial charge < -0.3 is 9.84 Å². The van der Waals surface area contributed by atoms with E-state index in [4.69, 9.17) is 4.74 Å². The fourth-order valence-corrected chi connectivity index (χ4v) is 6.60. The number of ketones is 2. The number of likely N-dealkylation sites (tertiary alicyclic amines) is 1. The summed E-state index contributed by atoms with van der Waals surface area (Å²) in [6, 6.07) is 14.3. The number of phenolic OH excluding ortho intramolecular Hbond substituents is 1. The molecule has 192 valence electrons. The Labute approximate surface area is 220 Å². The zero-order chi connectivity index (χ0) is 26.7. The number of imide groups is 1. The van der Waals surface area contributed by atoms with Gasteiger partial charge in [0.25, 0.3) is 0 Å². The molecule has 3 aliphatic carbocycles. The quantitative estimate of drug-likeness (QED) is 0.380. The van der Waals surface area contributed by atoms with Crippen molar-refractivity contribution in [3.05, 3.63) is 94.1 Å². The molecule has 1 heterocycles. The summed E-state index contributed by atoms with van der Waals surface area (Å²) in [5.74, 6) is -2.81. The van der Waals surface area contributed by atoms with Gasteiger partial charge in [0.15, 0.2) is 11.6 Å². The highest BCUT2D eigenvalue weighted by molar-refractivity contribution is 6.24. The van der Waals surface area contributed by atoms with Crippen molar-refractivity contribution in [3.63, 3.8) is 0 Å². The van der Waals surface area contributed by atoms with E-state index in [1.54, 1.807) is 19.1 Å². The second kappa shape index (κ2) is 8.94. The lowest BCUT2D eigenvalue weighted by molar-refractivity contribution is -0.140. The molecule has 2 amide bonds. The number of aromatic hydroxyl groups is 1. The monoisotopic (exact) mass is 509 g/mol. The lowest BCUT2D eigenvalue weighted by Gasteiger charge is -2.42. The van der Waals surface area contributed by atoms with Crippen molar-refractivity contribution >= 4 is 23.4 Å². The molecule has 38 heavy (non-hydrogen) atoms. The number of benzene rings is 2. The summed E-state index contributed by atoms with van der Waals surface area (Å²) in [6.07, 6.45) is 3.87. The highest BCUT2D eigenvalue weighted by Crippen LogP contribution is 2.56. The number of carbonyl (C=O) groups is 4. The van der Waals surface area contributed by atoms with Crippen LogP contribution in [0.5, 0.6) is 11.5 Å². The molecule has 2 aromatic rings. The number of nitrogens with zero attached hydrogens (tertiary/aromatic N) is 1. The van der Waals surface area contributed by atoms with Gasteiger partial charge in [-0.1, -0.05) is 48.0 Å². The number of phenols is 1. The Hall–Kier alpha value is -4.26. The van der Waals surface area contributed by atoms with E-state index >= 15 is 0 Å². The number of fused-ring (bicyclic) bond motifs is 3. The zero-order valence-electron chi connectivity index (χ0n) is 21.1. The molecule has 6 rings (SSSR count). The van der Waals surface area contributed by atoms with Crippen LogP contribution in [0.15, 0.2) is 83.0 Å². The maximum atomic E-state index is 13.8. The van der Waals surface area contributed by atoms with Gasteiger partial charge in [-0.2, -0.15) is 0 Å². The van der Waals surface area contributed by atoms with Gasteiger partial charge in [0.05, 0.1) is 25.5 Å². The van der Waals surface area contributed by atoms with Crippen LogP contribution in [0.1, 0.15) is 36.8 Å². The number of rotatable bonds is 4. The first kappa shape index (κ1) is 24.1. The van der Waals surface area contributed by atoms with Crippen LogP contribution in [-0.2, 0) is 25.7 Å². The number of amides is 2. The van der Waals surface area contributed by atoms with Crippen LogP contribution in [0.4, 0.5) is 0 Å². The molecule has 1 aliphatic heterocycles. The highest BCUT2D eigenvalue weighted by atomic mass is 16.5. The van der Waals surface area contributed by atoms with Crippen LogP contribution >= 0.6 is 0 Å². The summed E-state index contributed by atoms with van der Waals surface area (Å²) < 4.78 is 5.24. The standard InChI is InChI=1S/C31H27NO6/c1-16-12-24(33)23-14-22-19(26(28(23)29(16)35)20-9-8-18(38-2)13-25(20)34)10-11-21-27(22)31(37)32(30(21)36)15-17-6-4-3-5-7-17/h3-10,12-13,21-22,26-27,34H,11,14-15H2,1-2H3/t21-,22+,26+,27-/m0/s1. The van der Waals surface area contributed by atoms with E-state index in [0.717, 1.165) is 11.1 Å². The van der Waals surface area contributed by atoms with Gasteiger partial charge in [0.1, 0.15) is 11.5 Å². The summed E-state index contributed by atoms with van der Waals surface area (Å²) in [5.41, 5.74) is 3.22. The normalized spacial score (nSPS) is 26.5. The van der Waals surface area contributed by atoms with Gasteiger partial charge in [-0.25, -0.2) is 0 Å². The molecule has 0 unspecified atom stereocenters. The molecule has 1 N–H and O–H groups in total. The molecular weight excluding hydrogens is 482 g/mol. The highest BCUT2D eigenvalue weighted by Gasteiger charge is 2.56. The van der Waals surface area contributed by atoms with Gasteiger partial charge in [-0.3, -0.25) is 24.1 Å². The summed E-state index contributed by atoms with van der Waals surface area (Å²) in [7, 11) is 1.50. The van der Waals surface area contributed by atoms with Crippen LogP contribution < -0.4 is 4.74 Å². The molecule has 4 atom stereocenters. The predicted molar refractivity (Wildman–Crippen MR) is 138 cm³/mol. The van der Waals surface area contributed by atoms with Gasteiger partial charge in [-0.15, -0.1) is 0 Å². The van der Waals surface area contributed by atoms with E-state index in [1.807, 2.05) is 36.4 Å². The predicted octanol–water partition coefficient (Wildman–Crippen LogP) is 4.03. The van der Waals surface area contributed by atoms with Crippen LogP contribution in [0, 0.1) is 17.8 Å². The lowest BCUT2D eigenvalue weighted by atomic mass is 9.59. The fourth-order valence-electron chi connectivity index (χ4n) is 6.60. The number of allylic oxidation sites excluding steroid dienone is 6. The van der Waals surface area contributed by atoms with Gasteiger partial charge in [0, 0.05) is 34.3 Å². The molecule has 1 fully saturated rings. The van der Waals surface area contributed by atoms with Crippen molar-refractivity contribution in [1.82, 2.24) is 4.90 Å². The Kier molecular flexibility index (Phi) is 5.67. The minimum atomic E-state index is -0.693. The van der Waals surface area contributed by atoms with Gasteiger partial charge in [0.2, 0.25) is 11.8 Å². The van der Waals surface area contributed by atoms with Crippen LogP contribution in [0.2, 0.25) is 0 Å². The smallest absolute Gasteiger partial charge is 0.234 e. The molecular formula is C31H27NO6. The third-order valence-electron chi connectivity index (χ3n) is 8.39. The molecule has 7 heteroatoms. The number of ether oxygens (including phenoxy) is 1. The third kappa shape index (κ3) is 3.56. The molecule has 7 nitrogen and oxygen atoms in total. The van der Waals surface area contributed by atoms with Crippen LogP contribution in [-0.4, -0.2) is 40.5 Å². The molecule has 4 aliphatic rings. The number of hydrogen-bond acceptors (Lipinski definition) is 6. The van der Waals surface area contributed by atoms with Crippen molar-refractivity contribution in [2.45, 2.75) is 32.2 Å². The van der Waals surface area contributed by atoms with Crippen molar-refractivity contribution in [2.24, 2.45) is 17.8 Å². The van der Waals surface area contributed by atoms with Crippen molar-refractivity contribution in [1.29, 1.82) is 0 Å². The van der Waals surface area contributed by atoms with E-state index < -0.39 is 23.7 Å². The number of Topliss-reactive ketones (excluding diaryl/α,β-unsaturated/α-hetero) is 1. The van der Waals surface area contributed by atoms with E-state index in [9.17, 15) is 24.3 Å². The number of hydrogen-bond donors (Lipinski definition) is 1. The Morgan fingerprint density at radius 2 is 1.76 bits per heavy atom. The Morgan fingerprint density at radius 1 is 1.00 bits per heavy atom. The minimum Gasteiger partial charge on any atom is -0.507 e. The summed E-state index contributed by atoms with van der Waals surface area (Å²) in [6.45, 7) is 1.82. The Bertz CT molecular complexity index is 1500. The SMILES string of the molecule is COc1ccc([C@H]2C3=CC[C@@H]4C(=O)N(Cc5ccccc5)C(=O)[C@@H]4[C@@H]3CC3=C2C(=O)C(C)=CC3=O)c(O)c1. The van der Waals surface area contributed by atoms with E-state index in [0.29, 0.717) is 34.5 Å². The number of carbonyl (C=O) groups excluding carboxylic acids is 4. The molecule has 0 bridgehead atoms. The summed E-state index contributed by atoms with van der Waals surface area (Å²) in [4.78, 5) is 55.2. The average Bonchev–Trinajstić information content (AvgIpc) is 3.16. The second-order valence-corrected chi connectivity index (χ2v) is 10.4. The minimum absolute atomic E-state index is 0.0585. The summed E-state index contributed by atoms with van der Waals surface area (Å²) >= 11 is 0. The fraction of sp³-hybridized carbons (Fsp3) is 0.290. The van der Waals surface area contributed by atoms with E-state index in [1.165, 1.54) is 24.2 Å².